The number of aromatic nitrogens is 1. The van der Waals surface area contributed by atoms with Crippen molar-refractivity contribution >= 4 is 5.91 Å². The molecule has 0 saturated heterocycles. The Labute approximate surface area is 119 Å². The van der Waals surface area contributed by atoms with Crippen LogP contribution >= 0.6 is 0 Å². The van der Waals surface area contributed by atoms with Crippen LogP contribution in [0, 0.1) is 0 Å². The predicted octanol–water partition coefficient (Wildman–Crippen LogP) is 3.19. The van der Waals surface area contributed by atoms with Crippen LogP contribution in [0.3, 0.4) is 0 Å². The molecule has 20 heavy (non-hydrogen) atoms. The molecular formula is C16H20N2O2. The molecule has 0 saturated carbocycles. The molecule has 2 aromatic rings. The van der Waals surface area contributed by atoms with Crippen molar-refractivity contribution in [1.82, 2.24) is 10.3 Å². The maximum atomic E-state index is 11.6. The quantitative estimate of drug-likeness (QED) is 0.787. The number of rotatable bonds is 7. The van der Waals surface area contributed by atoms with Gasteiger partial charge >= 0.3 is 0 Å². The number of carbonyl (C=O) groups is 1. The van der Waals surface area contributed by atoms with Crippen molar-refractivity contribution < 1.29 is 9.21 Å². The van der Waals surface area contributed by atoms with Gasteiger partial charge in [0.05, 0.1) is 6.20 Å². The van der Waals surface area contributed by atoms with E-state index in [-0.39, 0.29) is 5.91 Å². The molecule has 4 heteroatoms. The fourth-order valence-corrected chi connectivity index (χ4v) is 1.88. The van der Waals surface area contributed by atoms with Gasteiger partial charge in [0.25, 0.3) is 0 Å². The van der Waals surface area contributed by atoms with Crippen molar-refractivity contribution in [3.05, 3.63) is 42.4 Å². The van der Waals surface area contributed by atoms with E-state index in [1.165, 1.54) is 0 Å². The molecule has 1 aromatic heterocycles. The number of benzene rings is 1. The number of nitrogens with one attached hydrogen (secondary N) is 1. The Balaban J connectivity index is 1.83. The molecule has 0 aliphatic heterocycles. The Bertz CT molecular complexity index is 534. The average Bonchev–Trinajstić information content (AvgIpc) is 2.95. The van der Waals surface area contributed by atoms with Crippen LogP contribution in [0.1, 0.15) is 32.1 Å². The first-order valence-corrected chi connectivity index (χ1v) is 7.06. The van der Waals surface area contributed by atoms with Crippen molar-refractivity contribution in [3.63, 3.8) is 0 Å². The maximum Gasteiger partial charge on any atom is 0.220 e. The lowest BCUT2D eigenvalue weighted by Gasteiger charge is -2.02. The minimum Gasteiger partial charge on any atom is -0.441 e. The zero-order valence-electron chi connectivity index (χ0n) is 11.8. The first kappa shape index (κ1) is 14.3. The van der Waals surface area contributed by atoms with E-state index in [1.807, 2.05) is 30.3 Å². The molecule has 0 aliphatic carbocycles. The largest absolute Gasteiger partial charge is 0.441 e. The summed E-state index contributed by atoms with van der Waals surface area (Å²) in [5, 5.41) is 2.88. The van der Waals surface area contributed by atoms with Gasteiger partial charge in [0.2, 0.25) is 5.91 Å². The van der Waals surface area contributed by atoms with Crippen molar-refractivity contribution in [3.8, 4) is 11.3 Å². The second-order valence-electron chi connectivity index (χ2n) is 4.69. The van der Waals surface area contributed by atoms with Gasteiger partial charge in [-0.15, -0.1) is 0 Å². The number of hydrogen-bond donors (Lipinski definition) is 1. The van der Waals surface area contributed by atoms with Crippen molar-refractivity contribution in [2.75, 3.05) is 6.54 Å². The molecule has 1 amide bonds. The molecule has 0 unspecified atom stereocenters. The standard InChI is InChI=1S/C16H20N2O2/c1-2-3-11-17-15(19)9-10-16-18-12-14(20-16)13-7-5-4-6-8-13/h4-8,12H,2-3,9-11H2,1H3,(H,17,19). The van der Waals surface area contributed by atoms with Gasteiger partial charge in [-0.25, -0.2) is 4.98 Å². The predicted molar refractivity (Wildman–Crippen MR) is 78.2 cm³/mol. The molecule has 0 aliphatic rings. The van der Waals surface area contributed by atoms with Gasteiger partial charge in [0, 0.05) is 24.9 Å². The van der Waals surface area contributed by atoms with Crippen LogP contribution in [-0.2, 0) is 11.2 Å². The van der Waals surface area contributed by atoms with E-state index >= 15 is 0 Å². The van der Waals surface area contributed by atoms with Gasteiger partial charge in [0.15, 0.2) is 11.7 Å². The van der Waals surface area contributed by atoms with E-state index in [0.717, 1.165) is 30.7 Å². The summed E-state index contributed by atoms with van der Waals surface area (Å²) >= 11 is 0. The van der Waals surface area contributed by atoms with E-state index in [0.29, 0.717) is 18.7 Å². The fraction of sp³-hybridized carbons (Fsp3) is 0.375. The Morgan fingerprint density at radius 2 is 2.10 bits per heavy atom. The summed E-state index contributed by atoms with van der Waals surface area (Å²) in [5.41, 5.74) is 0.999. The number of hydrogen-bond acceptors (Lipinski definition) is 3. The smallest absolute Gasteiger partial charge is 0.220 e. The molecule has 0 bridgehead atoms. The number of nitrogens with zero attached hydrogens (tertiary/aromatic N) is 1. The topological polar surface area (TPSA) is 55.1 Å². The van der Waals surface area contributed by atoms with Crippen molar-refractivity contribution in [2.45, 2.75) is 32.6 Å². The molecular weight excluding hydrogens is 252 g/mol. The number of aryl methyl sites for hydroxylation is 1. The Morgan fingerprint density at radius 3 is 2.85 bits per heavy atom. The highest BCUT2D eigenvalue weighted by Crippen LogP contribution is 2.20. The van der Waals surface area contributed by atoms with E-state index in [1.54, 1.807) is 6.20 Å². The number of carbonyl (C=O) groups excluding carboxylic acids is 1. The summed E-state index contributed by atoms with van der Waals surface area (Å²) in [6, 6.07) is 9.82. The molecule has 106 valence electrons. The van der Waals surface area contributed by atoms with Crippen LogP contribution in [0.4, 0.5) is 0 Å². The Hall–Kier alpha value is -2.10. The van der Waals surface area contributed by atoms with Crippen LogP contribution in [-0.4, -0.2) is 17.4 Å². The molecule has 1 N–H and O–H groups in total. The monoisotopic (exact) mass is 272 g/mol. The third kappa shape index (κ3) is 4.23. The van der Waals surface area contributed by atoms with E-state index in [2.05, 4.69) is 17.2 Å². The van der Waals surface area contributed by atoms with E-state index < -0.39 is 0 Å². The van der Waals surface area contributed by atoms with Gasteiger partial charge in [-0.2, -0.15) is 0 Å². The molecule has 2 rings (SSSR count). The summed E-state index contributed by atoms with van der Waals surface area (Å²) in [4.78, 5) is 15.8. The minimum absolute atomic E-state index is 0.0536. The third-order valence-electron chi connectivity index (χ3n) is 3.03. The molecule has 0 atom stereocenters. The zero-order valence-corrected chi connectivity index (χ0v) is 11.8. The second-order valence-corrected chi connectivity index (χ2v) is 4.69. The highest BCUT2D eigenvalue weighted by Gasteiger charge is 2.08. The van der Waals surface area contributed by atoms with Crippen LogP contribution in [0.2, 0.25) is 0 Å². The Kier molecular flexibility index (Phi) is 5.35. The summed E-state index contributed by atoms with van der Waals surface area (Å²) in [5.74, 6) is 1.40. The highest BCUT2D eigenvalue weighted by molar-refractivity contribution is 5.75. The van der Waals surface area contributed by atoms with Crippen LogP contribution in [0.15, 0.2) is 40.9 Å². The summed E-state index contributed by atoms with van der Waals surface area (Å²) < 4.78 is 5.65. The molecule has 0 radical (unpaired) electrons. The second kappa shape index (κ2) is 7.48. The fourth-order valence-electron chi connectivity index (χ4n) is 1.88. The zero-order chi connectivity index (χ0) is 14.2. The maximum absolute atomic E-state index is 11.6. The summed E-state index contributed by atoms with van der Waals surface area (Å²) in [6.07, 6.45) is 4.76. The average molecular weight is 272 g/mol. The highest BCUT2D eigenvalue weighted by atomic mass is 16.4. The number of amides is 1. The van der Waals surface area contributed by atoms with Crippen LogP contribution in [0.25, 0.3) is 11.3 Å². The third-order valence-corrected chi connectivity index (χ3v) is 3.03. The van der Waals surface area contributed by atoms with Gasteiger partial charge in [-0.3, -0.25) is 4.79 Å². The number of unbranched alkanes of at least 4 members (excludes halogenated alkanes) is 1. The van der Waals surface area contributed by atoms with Gasteiger partial charge in [0.1, 0.15) is 0 Å². The van der Waals surface area contributed by atoms with Gasteiger partial charge in [-0.05, 0) is 6.42 Å². The molecule has 1 aromatic carbocycles. The minimum atomic E-state index is 0.0536. The first-order chi connectivity index (χ1) is 9.79. The molecule has 4 nitrogen and oxygen atoms in total. The summed E-state index contributed by atoms with van der Waals surface area (Å²) in [7, 11) is 0. The number of oxazole rings is 1. The Morgan fingerprint density at radius 1 is 1.30 bits per heavy atom. The molecule has 0 fully saturated rings. The molecule has 0 spiro atoms. The lowest BCUT2D eigenvalue weighted by Crippen LogP contribution is -2.24. The van der Waals surface area contributed by atoms with Gasteiger partial charge in [-0.1, -0.05) is 43.7 Å². The lowest BCUT2D eigenvalue weighted by atomic mass is 10.2. The lowest BCUT2D eigenvalue weighted by molar-refractivity contribution is -0.121. The SMILES string of the molecule is CCCCNC(=O)CCc1ncc(-c2ccccc2)o1. The normalized spacial score (nSPS) is 10.4. The van der Waals surface area contributed by atoms with Gasteiger partial charge < -0.3 is 9.73 Å². The first-order valence-electron chi connectivity index (χ1n) is 7.06. The van der Waals surface area contributed by atoms with Crippen molar-refractivity contribution in [1.29, 1.82) is 0 Å². The van der Waals surface area contributed by atoms with Crippen LogP contribution in [0.5, 0.6) is 0 Å². The van der Waals surface area contributed by atoms with E-state index in [9.17, 15) is 4.79 Å². The molecule has 1 heterocycles. The van der Waals surface area contributed by atoms with Crippen molar-refractivity contribution in [2.24, 2.45) is 0 Å². The van der Waals surface area contributed by atoms with Crippen LogP contribution < -0.4 is 5.32 Å². The summed E-state index contributed by atoms with van der Waals surface area (Å²) in [6.45, 7) is 2.85. The van der Waals surface area contributed by atoms with E-state index in [4.69, 9.17) is 4.42 Å².